The molecule has 0 radical (unpaired) electrons. The summed E-state index contributed by atoms with van der Waals surface area (Å²) < 4.78 is 20.1. The monoisotopic (exact) mass is 658 g/mol. The van der Waals surface area contributed by atoms with Crippen LogP contribution in [-0.4, -0.2) is 38.7 Å². The molecule has 0 N–H and O–H groups in total. The number of esters is 1. The summed E-state index contributed by atoms with van der Waals surface area (Å²) in [7, 11) is -2.67. The predicted octanol–water partition coefficient (Wildman–Crippen LogP) is 9.57. The first kappa shape index (κ1) is 37.3. The Balaban J connectivity index is 1.49. The summed E-state index contributed by atoms with van der Waals surface area (Å²) in [5.41, 5.74) is 1.14. The zero-order valence-corrected chi connectivity index (χ0v) is 31.4. The molecule has 0 aromatic heterocycles. The van der Waals surface area contributed by atoms with Crippen LogP contribution in [0, 0.1) is 17.8 Å². The molecule has 4 nitrogen and oxygen atoms in total. The van der Waals surface area contributed by atoms with E-state index in [2.05, 4.69) is 121 Å². The Labute approximate surface area is 287 Å². The average molecular weight is 659 g/mol. The highest BCUT2D eigenvalue weighted by molar-refractivity contribution is 6.99. The molecule has 2 aliphatic heterocycles. The van der Waals surface area contributed by atoms with Gasteiger partial charge in [0.1, 0.15) is 6.10 Å². The van der Waals surface area contributed by atoms with Crippen molar-refractivity contribution >= 4 is 24.7 Å². The Bertz CT molecular complexity index is 1240. The van der Waals surface area contributed by atoms with Gasteiger partial charge in [0.15, 0.2) is 0 Å². The van der Waals surface area contributed by atoms with Gasteiger partial charge >= 0.3 is 5.97 Å². The van der Waals surface area contributed by atoms with E-state index in [0.29, 0.717) is 30.5 Å². The molecule has 258 valence electrons. The van der Waals surface area contributed by atoms with Gasteiger partial charge in [-0.15, -0.1) is 0 Å². The molecule has 0 saturated carbocycles. The molecule has 2 aromatic carbocycles. The summed E-state index contributed by atoms with van der Waals surface area (Å²) in [6, 6.07) is 21.6. The Hall–Kier alpha value is -2.47. The maximum atomic E-state index is 13.4. The second-order valence-corrected chi connectivity index (χ2v) is 20.0. The lowest BCUT2D eigenvalue weighted by Crippen LogP contribution is -2.67. The fourth-order valence-corrected chi connectivity index (χ4v) is 12.5. The number of fused-ring (bicyclic) bond motifs is 2. The lowest BCUT2D eigenvalue weighted by Gasteiger charge is -2.44. The summed E-state index contributed by atoms with van der Waals surface area (Å²) in [6.07, 6.45) is 14.4. The normalized spacial score (nSPS) is 28.6. The first-order valence-electron chi connectivity index (χ1n) is 18.4. The van der Waals surface area contributed by atoms with Crippen molar-refractivity contribution in [1.29, 1.82) is 0 Å². The van der Waals surface area contributed by atoms with Crippen LogP contribution in [0.3, 0.4) is 0 Å². The summed E-state index contributed by atoms with van der Waals surface area (Å²) in [5, 5.41) is 2.48. The van der Waals surface area contributed by atoms with Crippen molar-refractivity contribution in [2.24, 2.45) is 17.8 Å². The number of carbonyl (C=O) groups is 1. The number of hydrogen-bond acceptors (Lipinski definition) is 4. The summed E-state index contributed by atoms with van der Waals surface area (Å²) in [6.45, 7) is 20.2. The van der Waals surface area contributed by atoms with Crippen LogP contribution in [0.2, 0.25) is 5.04 Å². The Morgan fingerprint density at radius 2 is 1.55 bits per heavy atom. The maximum Gasteiger partial charge on any atom is 0.308 e. The lowest BCUT2D eigenvalue weighted by atomic mass is 9.95. The summed E-state index contributed by atoms with van der Waals surface area (Å²) >= 11 is 0. The highest BCUT2D eigenvalue weighted by Gasteiger charge is 2.51. The molecule has 7 atom stereocenters. The Kier molecular flexibility index (Phi) is 13.7. The summed E-state index contributed by atoms with van der Waals surface area (Å²) in [4.78, 5) is 13.4. The maximum absolute atomic E-state index is 13.4. The molecule has 0 aliphatic carbocycles. The number of cyclic esters (lactones) is 1. The van der Waals surface area contributed by atoms with Gasteiger partial charge in [0.05, 0.1) is 18.1 Å². The van der Waals surface area contributed by atoms with Gasteiger partial charge < -0.3 is 13.9 Å². The van der Waals surface area contributed by atoms with Crippen molar-refractivity contribution in [1.82, 2.24) is 0 Å². The quantitative estimate of drug-likeness (QED) is 0.169. The number of allylic oxidation sites excluding steroid dienone is 1. The average Bonchev–Trinajstić information content (AvgIpc) is 3.38. The minimum atomic E-state index is -2.67. The van der Waals surface area contributed by atoms with Crippen molar-refractivity contribution < 1.29 is 18.7 Å². The third kappa shape index (κ3) is 10.3. The van der Waals surface area contributed by atoms with Gasteiger partial charge in [-0.3, -0.25) is 4.79 Å². The number of carbonyl (C=O) groups excluding carboxylic acids is 1. The molecule has 1 saturated heterocycles. The second kappa shape index (κ2) is 17.3. The first-order chi connectivity index (χ1) is 22.4. The van der Waals surface area contributed by atoms with Gasteiger partial charge in [-0.05, 0) is 79.1 Å². The van der Waals surface area contributed by atoms with Crippen molar-refractivity contribution in [3.05, 3.63) is 85.0 Å². The topological polar surface area (TPSA) is 44.8 Å². The molecule has 1 fully saturated rings. The van der Waals surface area contributed by atoms with Crippen LogP contribution in [0.4, 0.5) is 0 Å². The van der Waals surface area contributed by atoms with Crippen molar-refractivity contribution in [2.45, 2.75) is 142 Å². The second-order valence-electron chi connectivity index (χ2n) is 15.7. The van der Waals surface area contributed by atoms with Crippen molar-refractivity contribution in [2.75, 3.05) is 0 Å². The molecule has 0 unspecified atom stereocenters. The van der Waals surface area contributed by atoms with Crippen LogP contribution < -0.4 is 10.4 Å². The van der Waals surface area contributed by atoms with Crippen LogP contribution >= 0.6 is 0 Å². The largest absolute Gasteiger partial charge is 0.462 e. The van der Waals surface area contributed by atoms with E-state index < -0.39 is 8.32 Å². The van der Waals surface area contributed by atoms with Gasteiger partial charge in [-0.1, -0.05) is 139 Å². The van der Waals surface area contributed by atoms with Crippen LogP contribution in [0.15, 0.2) is 85.0 Å². The van der Waals surface area contributed by atoms with Crippen LogP contribution in [-0.2, 0) is 18.7 Å². The van der Waals surface area contributed by atoms with Crippen LogP contribution in [0.1, 0.15) is 113 Å². The number of rotatable bonds is 7. The highest BCUT2D eigenvalue weighted by atomic mass is 28.4. The van der Waals surface area contributed by atoms with Gasteiger partial charge in [0, 0.05) is 12.5 Å². The van der Waals surface area contributed by atoms with Gasteiger partial charge in [-0.25, -0.2) is 0 Å². The molecule has 5 heteroatoms. The van der Waals surface area contributed by atoms with E-state index in [9.17, 15) is 4.79 Å². The Morgan fingerprint density at radius 3 is 2.17 bits per heavy atom. The first-order valence-corrected chi connectivity index (χ1v) is 20.3. The van der Waals surface area contributed by atoms with Crippen LogP contribution in [0.25, 0.3) is 0 Å². The number of ether oxygens (including phenoxy) is 2. The SMILES string of the molecule is C=C1C[C@@H](CC[C@H](C)O[Si](c2ccccc2)(c2ccccc2)C(C)(C)C)OC(=O)[C@@H](C)CCCC[C@@H]2O[C@@H](C/C=C\[C@H](C)C1)C[C@@H]2C. The molecule has 0 spiro atoms. The lowest BCUT2D eigenvalue weighted by molar-refractivity contribution is -0.154. The molecular formula is C42H62O4Si. The molecule has 2 aliphatic rings. The number of hydrogen-bond donors (Lipinski definition) is 0. The van der Waals surface area contributed by atoms with Gasteiger partial charge in [0.2, 0.25) is 0 Å². The molecule has 2 aromatic rings. The van der Waals surface area contributed by atoms with E-state index in [-0.39, 0.29) is 29.1 Å². The smallest absolute Gasteiger partial charge is 0.308 e. The fraction of sp³-hybridized carbons (Fsp3) is 0.595. The molecular weight excluding hydrogens is 597 g/mol. The number of benzene rings is 2. The minimum absolute atomic E-state index is 0.0134. The summed E-state index contributed by atoms with van der Waals surface area (Å²) in [5.74, 6) is 0.775. The van der Waals surface area contributed by atoms with Crippen molar-refractivity contribution in [3.8, 4) is 0 Å². The van der Waals surface area contributed by atoms with E-state index in [1.54, 1.807) is 0 Å². The van der Waals surface area contributed by atoms with E-state index in [1.165, 1.54) is 10.4 Å². The van der Waals surface area contributed by atoms with E-state index in [4.69, 9.17) is 13.9 Å². The van der Waals surface area contributed by atoms with Gasteiger partial charge in [0.25, 0.3) is 8.32 Å². The Morgan fingerprint density at radius 1 is 0.936 bits per heavy atom. The standard InChI is InChI=1S/C42H62O4Si/c1-31-18-17-20-36-30-34(4)40(44-36)25-16-15-19-33(3)41(43)45-37(29-32(2)28-31)27-26-35(5)46-47(42(6,7)8,38-21-11-9-12-22-38)39-23-13-10-14-24-39/h9-14,17-18,21-24,31,33-37,40H,2,15-16,19-20,25-30H2,1,3-8H3/b18-17-/t31-,33-,34-,35-,36-,37+,40-/m0/s1. The molecule has 0 amide bonds. The zero-order valence-electron chi connectivity index (χ0n) is 30.4. The van der Waals surface area contributed by atoms with Crippen LogP contribution in [0.5, 0.6) is 0 Å². The van der Waals surface area contributed by atoms with E-state index >= 15 is 0 Å². The van der Waals surface area contributed by atoms with E-state index in [1.807, 2.05) is 6.92 Å². The highest BCUT2D eigenvalue weighted by Crippen LogP contribution is 2.38. The molecule has 47 heavy (non-hydrogen) atoms. The third-order valence-electron chi connectivity index (χ3n) is 10.4. The van der Waals surface area contributed by atoms with Crippen molar-refractivity contribution in [3.63, 3.8) is 0 Å². The van der Waals surface area contributed by atoms with E-state index in [0.717, 1.165) is 63.4 Å². The zero-order chi connectivity index (χ0) is 34.0. The fourth-order valence-electron chi connectivity index (χ4n) is 7.77. The van der Waals surface area contributed by atoms with Gasteiger partial charge in [-0.2, -0.15) is 0 Å². The minimum Gasteiger partial charge on any atom is -0.462 e. The molecule has 4 rings (SSSR count). The molecule has 2 heterocycles. The predicted molar refractivity (Wildman–Crippen MR) is 199 cm³/mol. The molecule has 2 bridgehead atoms. The third-order valence-corrected chi connectivity index (χ3v) is 15.5.